The van der Waals surface area contributed by atoms with Crippen molar-refractivity contribution >= 4 is 39.7 Å². The van der Waals surface area contributed by atoms with Gasteiger partial charge in [0.1, 0.15) is 0 Å². The first-order chi connectivity index (χ1) is 13.4. The second-order valence-electron chi connectivity index (χ2n) is 7.74. The Kier molecular flexibility index (Phi) is 5.11. The van der Waals surface area contributed by atoms with Gasteiger partial charge < -0.3 is 4.84 Å². The van der Waals surface area contributed by atoms with E-state index in [4.69, 9.17) is 9.39 Å². The van der Waals surface area contributed by atoms with Gasteiger partial charge in [0.15, 0.2) is 5.25 Å². The number of carbonyl (C=O) groups is 5. The first kappa shape index (κ1) is 21.1. The highest BCUT2D eigenvalue weighted by molar-refractivity contribution is 7.87. The molecule has 4 atom stereocenters. The maximum absolute atomic E-state index is 12.8. The number of hydrogen-bond donors (Lipinski definition) is 1. The molecule has 1 saturated carbocycles. The van der Waals surface area contributed by atoms with Gasteiger partial charge in [0.2, 0.25) is 0 Å². The molecule has 0 aromatic rings. The van der Waals surface area contributed by atoms with Crippen molar-refractivity contribution in [3.8, 4) is 0 Å². The lowest BCUT2D eigenvalue weighted by Crippen LogP contribution is -2.50. The van der Waals surface area contributed by atoms with Crippen LogP contribution in [0.3, 0.4) is 0 Å². The maximum atomic E-state index is 12.8. The monoisotopic (exact) mass is 428 g/mol. The van der Waals surface area contributed by atoms with E-state index in [2.05, 4.69) is 0 Å². The van der Waals surface area contributed by atoms with Gasteiger partial charge in [-0.2, -0.15) is 8.42 Å². The molecule has 0 radical (unpaired) electrons. The highest BCUT2D eigenvalue weighted by Crippen LogP contribution is 2.44. The summed E-state index contributed by atoms with van der Waals surface area (Å²) in [6.07, 6.45) is 2.42. The highest BCUT2D eigenvalue weighted by Gasteiger charge is 2.52. The van der Waals surface area contributed by atoms with Crippen molar-refractivity contribution in [2.75, 3.05) is 0 Å². The maximum Gasteiger partial charge on any atom is 0.339 e. The number of imide groups is 2. The van der Waals surface area contributed by atoms with E-state index >= 15 is 0 Å². The van der Waals surface area contributed by atoms with Crippen molar-refractivity contribution in [1.29, 1.82) is 0 Å². The molecule has 3 rings (SSSR count). The highest BCUT2D eigenvalue weighted by atomic mass is 32.2. The second-order valence-corrected chi connectivity index (χ2v) is 9.34. The van der Waals surface area contributed by atoms with E-state index in [1.807, 2.05) is 0 Å². The van der Waals surface area contributed by atoms with Crippen LogP contribution in [0.25, 0.3) is 0 Å². The second kappa shape index (κ2) is 7.02. The molecule has 11 nitrogen and oxygen atoms in total. The molecule has 0 aromatic heterocycles. The zero-order valence-electron chi connectivity index (χ0n) is 15.7. The predicted octanol–water partition coefficient (Wildman–Crippen LogP) is -0.420. The van der Waals surface area contributed by atoms with Gasteiger partial charge in [0, 0.05) is 18.2 Å². The Morgan fingerprint density at radius 1 is 1.21 bits per heavy atom. The summed E-state index contributed by atoms with van der Waals surface area (Å²) in [4.78, 5) is 66.6. The third kappa shape index (κ3) is 3.57. The van der Waals surface area contributed by atoms with Gasteiger partial charge in [-0.25, -0.2) is 4.79 Å². The standard InChI is InChI=1S/C17H20N2O9S/c1-9-7-10(18-12(20)3-4-13(18)21)5-6-17(9,2)16(24)28-19-14(22)8-11(15(19)23)29(25,26)27/h3-4,9-11H,5-8H2,1-2H3,(H,25,26,27). The fourth-order valence-electron chi connectivity index (χ4n) is 3.91. The van der Waals surface area contributed by atoms with Gasteiger partial charge in [0.05, 0.1) is 11.8 Å². The number of nitrogens with zero attached hydrogens (tertiary/aromatic N) is 2. The van der Waals surface area contributed by atoms with Crippen LogP contribution in [0.2, 0.25) is 0 Å². The summed E-state index contributed by atoms with van der Waals surface area (Å²) >= 11 is 0. The van der Waals surface area contributed by atoms with Crippen molar-refractivity contribution in [3.05, 3.63) is 12.2 Å². The summed E-state index contributed by atoms with van der Waals surface area (Å²) in [5, 5.41) is -1.91. The van der Waals surface area contributed by atoms with Crippen molar-refractivity contribution in [1.82, 2.24) is 9.96 Å². The van der Waals surface area contributed by atoms with Crippen molar-refractivity contribution in [2.45, 2.75) is 50.8 Å². The van der Waals surface area contributed by atoms with Gasteiger partial charge in [-0.3, -0.25) is 28.6 Å². The fraction of sp³-hybridized carbons (Fsp3) is 0.588. The first-order valence-electron chi connectivity index (χ1n) is 8.97. The van der Waals surface area contributed by atoms with Crippen LogP contribution < -0.4 is 0 Å². The predicted molar refractivity (Wildman–Crippen MR) is 93.8 cm³/mol. The Morgan fingerprint density at radius 2 is 1.79 bits per heavy atom. The summed E-state index contributed by atoms with van der Waals surface area (Å²) in [5.41, 5.74) is -1.13. The molecule has 4 unspecified atom stereocenters. The van der Waals surface area contributed by atoms with Crippen LogP contribution in [0.1, 0.15) is 39.5 Å². The van der Waals surface area contributed by atoms with Crippen LogP contribution in [-0.2, 0) is 38.9 Å². The molecular formula is C17H20N2O9S. The lowest BCUT2D eigenvalue weighted by atomic mass is 9.66. The SMILES string of the molecule is CC1CC(N2C(=O)C=CC2=O)CCC1(C)C(=O)ON1C(=O)CC(S(=O)(=O)O)C1=O. The van der Waals surface area contributed by atoms with Crippen LogP contribution in [0, 0.1) is 11.3 Å². The molecule has 2 heterocycles. The molecule has 0 spiro atoms. The minimum Gasteiger partial charge on any atom is -0.330 e. The number of carbonyl (C=O) groups excluding carboxylic acids is 5. The minimum atomic E-state index is -4.81. The molecule has 2 aliphatic heterocycles. The van der Waals surface area contributed by atoms with E-state index in [1.54, 1.807) is 13.8 Å². The first-order valence-corrected chi connectivity index (χ1v) is 10.5. The Labute approximate surface area is 166 Å². The molecule has 3 aliphatic rings. The molecule has 4 amide bonds. The summed E-state index contributed by atoms with van der Waals surface area (Å²) in [5.74, 6) is -4.48. The average molecular weight is 428 g/mol. The van der Waals surface area contributed by atoms with Gasteiger partial charge in [0.25, 0.3) is 33.7 Å². The lowest BCUT2D eigenvalue weighted by molar-refractivity contribution is -0.208. The zero-order valence-corrected chi connectivity index (χ0v) is 16.5. The third-order valence-electron chi connectivity index (χ3n) is 5.98. The van der Waals surface area contributed by atoms with Crippen LogP contribution >= 0.6 is 0 Å². The lowest BCUT2D eigenvalue weighted by Gasteiger charge is -2.42. The fourth-order valence-corrected chi connectivity index (χ4v) is 4.61. The van der Waals surface area contributed by atoms with Gasteiger partial charge in [-0.15, -0.1) is 5.06 Å². The van der Waals surface area contributed by atoms with Crippen LogP contribution in [0.4, 0.5) is 0 Å². The largest absolute Gasteiger partial charge is 0.339 e. The van der Waals surface area contributed by atoms with Gasteiger partial charge in [-0.05, 0) is 32.1 Å². The molecule has 2 fully saturated rings. The van der Waals surface area contributed by atoms with E-state index in [0.717, 1.165) is 4.90 Å². The van der Waals surface area contributed by atoms with Crippen molar-refractivity contribution in [2.24, 2.45) is 11.3 Å². The molecule has 1 N–H and O–H groups in total. The van der Waals surface area contributed by atoms with E-state index < -0.39 is 56.8 Å². The summed E-state index contributed by atoms with van der Waals surface area (Å²) in [6.45, 7) is 3.30. The number of hydrogen-bond acceptors (Lipinski definition) is 8. The van der Waals surface area contributed by atoms with Crippen LogP contribution in [-0.4, -0.2) is 63.8 Å². The number of rotatable bonds is 4. The Bertz CT molecular complexity index is 923. The van der Waals surface area contributed by atoms with E-state index in [1.165, 1.54) is 12.2 Å². The molecule has 1 saturated heterocycles. The third-order valence-corrected chi connectivity index (χ3v) is 7.07. The van der Waals surface area contributed by atoms with Crippen molar-refractivity contribution in [3.63, 3.8) is 0 Å². The van der Waals surface area contributed by atoms with E-state index in [9.17, 15) is 32.4 Å². The average Bonchev–Trinajstić information content (AvgIpc) is 3.10. The van der Waals surface area contributed by atoms with Crippen LogP contribution in [0.5, 0.6) is 0 Å². The van der Waals surface area contributed by atoms with Gasteiger partial charge in [-0.1, -0.05) is 6.92 Å². The van der Waals surface area contributed by atoms with Gasteiger partial charge >= 0.3 is 5.97 Å². The molecule has 158 valence electrons. The topological polar surface area (TPSA) is 155 Å². The Morgan fingerprint density at radius 3 is 2.28 bits per heavy atom. The number of amides is 4. The molecule has 0 aromatic carbocycles. The summed E-state index contributed by atoms with van der Waals surface area (Å²) < 4.78 is 31.4. The van der Waals surface area contributed by atoms with Crippen molar-refractivity contribution < 1.29 is 41.8 Å². The molecule has 12 heteroatoms. The smallest absolute Gasteiger partial charge is 0.330 e. The van der Waals surface area contributed by atoms with E-state index in [-0.39, 0.29) is 23.4 Å². The molecule has 0 bridgehead atoms. The van der Waals surface area contributed by atoms with E-state index in [0.29, 0.717) is 12.8 Å². The molecule has 1 aliphatic carbocycles. The zero-order chi connectivity index (χ0) is 21.7. The quantitative estimate of drug-likeness (QED) is 0.464. The summed E-state index contributed by atoms with van der Waals surface area (Å²) in [6, 6.07) is -0.389. The Hall–Kier alpha value is -2.60. The van der Waals surface area contributed by atoms with Crippen LogP contribution in [0.15, 0.2) is 12.2 Å². The normalized spacial score (nSPS) is 33.0. The molecule has 29 heavy (non-hydrogen) atoms. The Balaban J connectivity index is 1.70. The molecular weight excluding hydrogens is 408 g/mol. The summed E-state index contributed by atoms with van der Waals surface area (Å²) in [7, 11) is -4.81. The number of hydroxylamine groups is 2. The minimum absolute atomic E-state index is 0.0856.